The van der Waals surface area contributed by atoms with E-state index in [9.17, 15) is 0 Å². The zero-order valence-corrected chi connectivity index (χ0v) is 12.3. The van der Waals surface area contributed by atoms with Crippen LogP contribution in [-0.4, -0.2) is 20.3 Å². The molecule has 0 aliphatic rings. The van der Waals surface area contributed by atoms with E-state index in [0.29, 0.717) is 12.0 Å². The number of halogens is 1. The molecule has 0 amide bonds. The van der Waals surface area contributed by atoms with Gasteiger partial charge in [-0.2, -0.15) is 0 Å². The van der Waals surface area contributed by atoms with Crippen LogP contribution in [0.5, 0.6) is 0 Å². The predicted molar refractivity (Wildman–Crippen MR) is 78.1 cm³/mol. The highest BCUT2D eigenvalue weighted by Crippen LogP contribution is 2.26. The molecule has 0 saturated heterocycles. The minimum atomic E-state index is 0.346. The highest BCUT2D eigenvalue weighted by molar-refractivity contribution is 6.30. The minimum absolute atomic E-state index is 0.346. The van der Waals surface area contributed by atoms with Gasteiger partial charge in [0.05, 0.1) is 0 Å². The third-order valence-corrected chi connectivity index (χ3v) is 3.40. The molecule has 2 atom stereocenters. The first-order valence-corrected chi connectivity index (χ1v) is 7.04. The second kappa shape index (κ2) is 8.52. The summed E-state index contributed by atoms with van der Waals surface area (Å²) in [7, 11) is 1.75. The molecule has 0 aliphatic heterocycles. The van der Waals surface area contributed by atoms with Gasteiger partial charge in [0.15, 0.2) is 0 Å². The Kier molecular flexibility index (Phi) is 7.33. The average Bonchev–Trinajstić information content (AvgIpc) is 2.37. The molecule has 1 N–H and O–H groups in total. The molecule has 0 heterocycles. The van der Waals surface area contributed by atoms with Gasteiger partial charge in [0, 0.05) is 24.8 Å². The van der Waals surface area contributed by atoms with E-state index >= 15 is 0 Å². The van der Waals surface area contributed by atoms with E-state index in [1.807, 2.05) is 12.1 Å². The van der Waals surface area contributed by atoms with Crippen LogP contribution < -0.4 is 5.32 Å². The van der Waals surface area contributed by atoms with Crippen molar-refractivity contribution in [3.05, 3.63) is 34.9 Å². The van der Waals surface area contributed by atoms with Gasteiger partial charge >= 0.3 is 0 Å². The van der Waals surface area contributed by atoms with Gasteiger partial charge in [-0.05, 0) is 43.0 Å². The predicted octanol–water partition coefficient (Wildman–Crippen LogP) is 4.05. The number of benzene rings is 1. The highest BCUT2D eigenvalue weighted by Gasteiger charge is 2.18. The Labute approximate surface area is 116 Å². The number of rotatable bonds is 8. The Morgan fingerprint density at radius 1 is 1.39 bits per heavy atom. The van der Waals surface area contributed by atoms with Crippen molar-refractivity contribution in [2.45, 2.75) is 32.7 Å². The van der Waals surface area contributed by atoms with Crippen molar-refractivity contribution >= 4 is 11.6 Å². The number of hydrogen-bond acceptors (Lipinski definition) is 2. The maximum atomic E-state index is 6.08. The van der Waals surface area contributed by atoms with Crippen LogP contribution in [0.25, 0.3) is 0 Å². The molecule has 1 rings (SSSR count). The first-order valence-electron chi connectivity index (χ1n) is 6.66. The fourth-order valence-corrected chi connectivity index (χ4v) is 2.32. The van der Waals surface area contributed by atoms with E-state index in [-0.39, 0.29) is 0 Å². The van der Waals surface area contributed by atoms with Crippen molar-refractivity contribution in [1.82, 2.24) is 5.32 Å². The number of nitrogens with one attached hydrogen (secondary N) is 1. The lowest BCUT2D eigenvalue weighted by Crippen LogP contribution is -2.28. The molecule has 3 heteroatoms. The molecule has 2 unspecified atom stereocenters. The van der Waals surface area contributed by atoms with E-state index in [1.54, 1.807) is 7.11 Å². The van der Waals surface area contributed by atoms with Crippen molar-refractivity contribution < 1.29 is 4.74 Å². The van der Waals surface area contributed by atoms with E-state index in [2.05, 4.69) is 31.3 Å². The molecule has 0 aliphatic carbocycles. The summed E-state index contributed by atoms with van der Waals surface area (Å²) < 4.78 is 5.17. The Balaban J connectivity index is 2.76. The van der Waals surface area contributed by atoms with E-state index in [1.165, 1.54) is 5.56 Å². The van der Waals surface area contributed by atoms with Gasteiger partial charge in [0.25, 0.3) is 0 Å². The summed E-state index contributed by atoms with van der Waals surface area (Å²) in [5, 5.41) is 4.41. The molecule has 0 radical (unpaired) electrons. The van der Waals surface area contributed by atoms with Crippen LogP contribution in [0, 0.1) is 5.92 Å². The molecular formula is C15H24ClNO. The van der Waals surface area contributed by atoms with Crippen LogP contribution in [0.1, 0.15) is 38.3 Å². The first kappa shape index (κ1) is 15.5. The number of ether oxygens (including phenoxy) is 1. The van der Waals surface area contributed by atoms with Crippen molar-refractivity contribution in [2.24, 2.45) is 5.92 Å². The van der Waals surface area contributed by atoms with E-state index in [0.717, 1.165) is 31.0 Å². The molecule has 0 spiro atoms. The lowest BCUT2D eigenvalue weighted by atomic mass is 9.92. The van der Waals surface area contributed by atoms with Crippen LogP contribution in [0.4, 0.5) is 0 Å². The lowest BCUT2D eigenvalue weighted by Gasteiger charge is -2.25. The van der Waals surface area contributed by atoms with Gasteiger partial charge in [0.2, 0.25) is 0 Å². The van der Waals surface area contributed by atoms with Crippen molar-refractivity contribution in [2.75, 3.05) is 20.3 Å². The average molecular weight is 270 g/mol. The van der Waals surface area contributed by atoms with Gasteiger partial charge in [-0.3, -0.25) is 0 Å². The van der Waals surface area contributed by atoms with E-state index < -0.39 is 0 Å². The molecule has 1 aromatic rings. The topological polar surface area (TPSA) is 21.3 Å². The quantitative estimate of drug-likeness (QED) is 0.769. The number of methoxy groups -OCH3 is 1. The first-order chi connectivity index (χ1) is 8.69. The maximum Gasteiger partial charge on any atom is 0.0465 e. The van der Waals surface area contributed by atoms with Crippen LogP contribution in [0.2, 0.25) is 5.02 Å². The third-order valence-electron chi connectivity index (χ3n) is 3.17. The molecule has 0 bridgehead atoms. The van der Waals surface area contributed by atoms with Gasteiger partial charge in [-0.25, -0.2) is 0 Å². The molecule has 2 nitrogen and oxygen atoms in total. The van der Waals surface area contributed by atoms with E-state index in [4.69, 9.17) is 16.3 Å². The summed E-state index contributed by atoms with van der Waals surface area (Å²) >= 11 is 6.08. The number of hydrogen-bond donors (Lipinski definition) is 1. The molecule has 0 aromatic heterocycles. The Morgan fingerprint density at radius 3 is 2.78 bits per heavy atom. The second-order valence-electron chi connectivity index (χ2n) is 4.75. The van der Waals surface area contributed by atoms with Gasteiger partial charge in [0.1, 0.15) is 0 Å². The minimum Gasteiger partial charge on any atom is -0.385 e. The monoisotopic (exact) mass is 269 g/mol. The van der Waals surface area contributed by atoms with Crippen molar-refractivity contribution in [3.63, 3.8) is 0 Å². The fourth-order valence-electron chi connectivity index (χ4n) is 2.12. The largest absolute Gasteiger partial charge is 0.385 e. The Bertz CT molecular complexity index is 343. The van der Waals surface area contributed by atoms with Crippen LogP contribution >= 0.6 is 11.6 Å². The fraction of sp³-hybridized carbons (Fsp3) is 0.600. The molecule has 0 saturated carbocycles. The Hall–Kier alpha value is -0.570. The summed E-state index contributed by atoms with van der Waals surface area (Å²) in [6.07, 6.45) is 2.18. The smallest absolute Gasteiger partial charge is 0.0465 e. The Morgan fingerprint density at radius 2 is 2.17 bits per heavy atom. The van der Waals surface area contributed by atoms with Gasteiger partial charge < -0.3 is 10.1 Å². The zero-order chi connectivity index (χ0) is 13.4. The molecular weight excluding hydrogens is 246 g/mol. The standard InChI is InChI=1S/C15H24ClNO/c1-4-9-17-15(12(2)8-10-18-3)13-6-5-7-14(16)11-13/h5-7,11-12,15,17H,4,8-10H2,1-3H3. The zero-order valence-electron chi connectivity index (χ0n) is 11.6. The lowest BCUT2D eigenvalue weighted by molar-refractivity contribution is 0.170. The normalized spacial score (nSPS) is 14.4. The van der Waals surface area contributed by atoms with Crippen LogP contribution in [0.3, 0.4) is 0 Å². The van der Waals surface area contributed by atoms with Gasteiger partial charge in [-0.15, -0.1) is 0 Å². The third kappa shape index (κ3) is 4.97. The molecule has 1 aromatic carbocycles. The van der Waals surface area contributed by atoms with Gasteiger partial charge in [-0.1, -0.05) is 37.6 Å². The highest BCUT2D eigenvalue weighted by atomic mass is 35.5. The van der Waals surface area contributed by atoms with Crippen molar-refractivity contribution in [1.29, 1.82) is 0 Å². The summed E-state index contributed by atoms with van der Waals surface area (Å²) in [6, 6.07) is 8.47. The molecule has 18 heavy (non-hydrogen) atoms. The van der Waals surface area contributed by atoms with Crippen LogP contribution in [0.15, 0.2) is 24.3 Å². The maximum absolute atomic E-state index is 6.08. The molecule has 102 valence electrons. The summed E-state index contributed by atoms with van der Waals surface area (Å²) in [5.41, 5.74) is 1.26. The van der Waals surface area contributed by atoms with Crippen LogP contribution in [-0.2, 0) is 4.74 Å². The second-order valence-corrected chi connectivity index (χ2v) is 5.18. The summed E-state index contributed by atoms with van der Waals surface area (Å²) in [5.74, 6) is 0.523. The SMILES string of the molecule is CCCNC(c1cccc(Cl)c1)C(C)CCOC. The molecule has 0 fully saturated rings. The summed E-state index contributed by atoms with van der Waals surface area (Å²) in [4.78, 5) is 0. The van der Waals surface area contributed by atoms with Crippen molar-refractivity contribution in [3.8, 4) is 0 Å². The summed E-state index contributed by atoms with van der Waals surface area (Å²) in [6.45, 7) is 6.26.